The molecule has 1 rings (SSSR count). The SMILES string of the molecule is CCCn1c(C)nnc1[C@@H](N)CO. The van der Waals surface area contributed by atoms with Gasteiger partial charge >= 0.3 is 0 Å². The number of aliphatic hydroxyl groups is 1. The fourth-order valence-corrected chi connectivity index (χ4v) is 1.25. The van der Waals surface area contributed by atoms with E-state index in [1.54, 1.807) is 0 Å². The van der Waals surface area contributed by atoms with Gasteiger partial charge in [0.2, 0.25) is 0 Å². The van der Waals surface area contributed by atoms with Gasteiger partial charge in [-0.2, -0.15) is 0 Å². The maximum atomic E-state index is 8.88. The summed E-state index contributed by atoms with van der Waals surface area (Å²) < 4.78 is 1.95. The molecule has 0 aliphatic rings. The number of hydrogen-bond donors (Lipinski definition) is 2. The van der Waals surface area contributed by atoms with Crippen molar-refractivity contribution in [3.63, 3.8) is 0 Å². The molecule has 5 nitrogen and oxygen atoms in total. The fourth-order valence-electron chi connectivity index (χ4n) is 1.25. The zero-order valence-electron chi connectivity index (χ0n) is 8.06. The average molecular weight is 184 g/mol. The second-order valence-corrected chi connectivity index (χ2v) is 3.05. The molecule has 0 unspecified atom stereocenters. The highest BCUT2D eigenvalue weighted by molar-refractivity contribution is 4.99. The Labute approximate surface area is 77.6 Å². The lowest BCUT2D eigenvalue weighted by atomic mass is 10.3. The van der Waals surface area contributed by atoms with E-state index >= 15 is 0 Å². The summed E-state index contributed by atoms with van der Waals surface area (Å²) >= 11 is 0. The molecule has 0 fully saturated rings. The van der Waals surface area contributed by atoms with Crippen LogP contribution in [-0.4, -0.2) is 26.5 Å². The normalized spacial score (nSPS) is 13.2. The highest BCUT2D eigenvalue weighted by Crippen LogP contribution is 2.09. The van der Waals surface area contributed by atoms with Crippen LogP contribution in [0.2, 0.25) is 0 Å². The van der Waals surface area contributed by atoms with Gasteiger partial charge in [0.25, 0.3) is 0 Å². The topological polar surface area (TPSA) is 77.0 Å². The predicted octanol–water partition coefficient (Wildman–Crippen LogP) is -0.0114. The second-order valence-electron chi connectivity index (χ2n) is 3.05. The first-order valence-corrected chi connectivity index (χ1v) is 4.46. The average Bonchev–Trinajstić information content (AvgIpc) is 2.48. The third-order valence-electron chi connectivity index (χ3n) is 1.94. The summed E-state index contributed by atoms with van der Waals surface area (Å²) in [5, 5.41) is 16.7. The Hall–Kier alpha value is -0.940. The Morgan fingerprint density at radius 2 is 2.23 bits per heavy atom. The van der Waals surface area contributed by atoms with Crippen LogP contribution in [0.3, 0.4) is 0 Å². The predicted molar refractivity (Wildman–Crippen MR) is 49.1 cm³/mol. The minimum atomic E-state index is -0.423. The third-order valence-corrected chi connectivity index (χ3v) is 1.94. The fraction of sp³-hybridized carbons (Fsp3) is 0.750. The van der Waals surface area contributed by atoms with Crippen molar-refractivity contribution in [1.29, 1.82) is 0 Å². The van der Waals surface area contributed by atoms with E-state index in [9.17, 15) is 0 Å². The van der Waals surface area contributed by atoms with E-state index in [0.29, 0.717) is 5.82 Å². The van der Waals surface area contributed by atoms with Crippen LogP contribution >= 0.6 is 0 Å². The molecule has 1 aromatic rings. The minimum Gasteiger partial charge on any atom is -0.394 e. The van der Waals surface area contributed by atoms with Crippen molar-refractivity contribution in [1.82, 2.24) is 14.8 Å². The lowest BCUT2D eigenvalue weighted by Crippen LogP contribution is -2.20. The number of hydrogen-bond acceptors (Lipinski definition) is 4. The molecule has 0 aliphatic heterocycles. The summed E-state index contributed by atoms with van der Waals surface area (Å²) in [6, 6.07) is -0.423. The van der Waals surface area contributed by atoms with Crippen molar-refractivity contribution < 1.29 is 5.11 Å². The first kappa shape index (κ1) is 10.1. The number of aryl methyl sites for hydroxylation is 1. The summed E-state index contributed by atoms with van der Waals surface area (Å²) in [6.45, 7) is 4.72. The van der Waals surface area contributed by atoms with E-state index in [0.717, 1.165) is 18.8 Å². The summed E-state index contributed by atoms with van der Waals surface area (Å²) in [5.41, 5.74) is 5.67. The van der Waals surface area contributed by atoms with E-state index in [1.165, 1.54) is 0 Å². The van der Waals surface area contributed by atoms with E-state index in [-0.39, 0.29) is 6.61 Å². The number of rotatable bonds is 4. The maximum absolute atomic E-state index is 8.88. The summed E-state index contributed by atoms with van der Waals surface area (Å²) in [7, 11) is 0. The molecule has 3 N–H and O–H groups in total. The van der Waals surface area contributed by atoms with Gasteiger partial charge in [-0.05, 0) is 13.3 Å². The molecular formula is C8H16N4O. The van der Waals surface area contributed by atoms with Gasteiger partial charge in [-0.25, -0.2) is 0 Å². The molecule has 74 valence electrons. The van der Waals surface area contributed by atoms with Crippen molar-refractivity contribution in [3.05, 3.63) is 11.6 Å². The largest absolute Gasteiger partial charge is 0.394 e. The molecule has 0 saturated heterocycles. The van der Waals surface area contributed by atoms with Gasteiger partial charge in [0.05, 0.1) is 12.6 Å². The zero-order chi connectivity index (χ0) is 9.84. The number of aromatic nitrogens is 3. The molecule has 0 bridgehead atoms. The number of aliphatic hydroxyl groups excluding tert-OH is 1. The van der Waals surface area contributed by atoms with E-state index in [2.05, 4.69) is 17.1 Å². The third kappa shape index (κ3) is 2.05. The summed E-state index contributed by atoms with van der Waals surface area (Å²) in [6.07, 6.45) is 1.00. The van der Waals surface area contributed by atoms with Crippen molar-refractivity contribution in [2.24, 2.45) is 5.73 Å². The van der Waals surface area contributed by atoms with Crippen LogP contribution in [0, 0.1) is 6.92 Å². The molecule has 0 radical (unpaired) electrons. The first-order chi connectivity index (χ1) is 6.20. The zero-order valence-corrected chi connectivity index (χ0v) is 8.06. The lowest BCUT2D eigenvalue weighted by molar-refractivity contribution is 0.260. The maximum Gasteiger partial charge on any atom is 0.152 e. The van der Waals surface area contributed by atoms with Crippen molar-refractivity contribution in [2.75, 3.05) is 6.61 Å². The second kappa shape index (κ2) is 4.34. The van der Waals surface area contributed by atoms with E-state index in [4.69, 9.17) is 10.8 Å². The monoisotopic (exact) mass is 184 g/mol. The molecule has 0 aromatic carbocycles. The summed E-state index contributed by atoms with van der Waals surface area (Å²) in [4.78, 5) is 0. The quantitative estimate of drug-likeness (QED) is 0.690. The molecule has 0 aliphatic carbocycles. The van der Waals surface area contributed by atoms with E-state index in [1.807, 2.05) is 11.5 Å². The van der Waals surface area contributed by atoms with Crippen molar-refractivity contribution in [2.45, 2.75) is 32.9 Å². The molecule has 0 amide bonds. The van der Waals surface area contributed by atoms with Crippen LogP contribution in [0.1, 0.15) is 31.0 Å². The smallest absolute Gasteiger partial charge is 0.152 e. The molecule has 1 aromatic heterocycles. The highest BCUT2D eigenvalue weighted by atomic mass is 16.3. The number of nitrogens with two attached hydrogens (primary N) is 1. The van der Waals surface area contributed by atoms with Gasteiger partial charge in [-0.15, -0.1) is 10.2 Å². The lowest BCUT2D eigenvalue weighted by Gasteiger charge is -2.10. The number of nitrogens with zero attached hydrogens (tertiary/aromatic N) is 3. The van der Waals surface area contributed by atoms with Gasteiger partial charge in [0.1, 0.15) is 5.82 Å². The van der Waals surface area contributed by atoms with Gasteiger partial charge in [0.15, 0.2) is 5.82 Å². The van der Waals surface area contributed by atoms with Crippen LogP contribution < -0.4 is 5.73 Å². The van der Waals surface area contributed by atoms with Crippen LogP contribution in [0.5, 0.6) is 0 Å². The van der Waals surface area contributed by atoms with Gasteiger partial charge in [-0.1, -0.05) is 6.92 Å². The molecule has 5 heteroatoms. The van der Waals surface area contributed by atoms with Crippen LogP contribution in [0.25, 0.3) is 0 Å². The Bertz CT molecular complexity index is 271. The van der Waals surface area contributed by atoms with Crippen LogP contribution in [0.4, 0.5) is 0 Å². The van der Waals surface area contributed by atoms with Gasteiger partial charge < -0.3 is 15.4 Å². The van der Waals surface area contributed by atoms with Crippen molar-refractivity contribution in [3.8, 4) is 0 Å². The van der Waals surface area contributed by atoms with E-state index < -0.39 is 6.04 Å². The molecule has 0 saturated carbocycles. The van der Waals surface area contributed by atoms with Crippen molar-refractivity contribution >= 4 is 0 Å². The minimum absolute atomic E-state index is 0.0954. The molecule has 13 heavy (non-hydrogen) atoms. The van der Waals surface area contributed by atoms with Gasteiger partial charge in [0, 0.05) is 6.54 Å². The van der Waals surface area contributed by atoms with Gasteiger partial charge in [-0.3, -0.25) is 0 Å². The van der Waals surface area contributed by atoms with Crippen LogP contribution in [0.15, 0.2) is 0 Å². The Balaban J connectivity index is 2.92. The first-order valence-electron chi connectivity index (χ1n) is 4.46. The molecular weight excluding hydrogens is 168 g/mol. The molecule has 1 atom stereocenters. The summed E-state index contributed by atoms with van der Waals surface area (Å²) in [5.74, 6) is 1.52. The standard InChI is InChI=1S/C8H16N4O/c1-3-4-12-6(2)10-11-8(12)7(9)5-13/h7,13H,3-5,9H2,1-2H3/t7-/m0/s1. The highest BCUT2D eigenvalue weighted by Gasteiger charge is 2.14. The Morgan fingerprint density at radius 3 is 2.77 bits per heavy atom. The Morgan fingerprint density at radius 1 is 1.54 bits per heavy atom. The Kier molecular flexibility index (Phi) is 3.39. The molecule has 0 spiro atoms. The van der Waals surface area contributed by atoms with Crippen LogP contribution in [-0.2, 0) is 6.54 Å². The molecule has 1 heterocycles.